The smallest absolute Gasteiger partial charge is 0.257 e. The highest BCUT2D eigenvalue weighted by Gasteiger charge is 2.69. The number of hydrogen-bond acceptors (Lipinski definition) is 2. The van der Waals surface area contributed by atoms with Gasteiger partial charge in [0.1, 0.15) is 5.38 Å². The SMILES string of the molecule is Cc1ccccc1N1C(=O)C(Cl)C12C(=O)Nc1c(Br)cc(Br)cc12. The molecule has 1 fully saturated rings. The summed E-state index contributed by atoms with van der Waals surface area (Å²) in [4.78, 5) is 27.0. The van der Waals surface area contributed by atoms with Gasteiger partial charge in [0.05, 0.1) is 5.69 Å². The average Bonchev–Trinajstić information content (AvgIpc) is 2.84. The fraction of sp³-hybridized carbons (Fsp3) is 0.176. The number of nitrogens with one attached hydrogen (secondary N) is 1. The van der Waals surface area contributed by atoms with Crippen LogP contribution in [0.1, 0.15) is 11.1 Å². The van der Waals surface area contributed by atoms with Crippen molar-refractivity contribution in [2.24, 2.45) is 0 Å². The molecule has 1 N–H and O–H groups in total. The Morgan fingerprint density at radius 1 is 1.21 bits per heavy atom. The number of β-lactam (4-membered cyclic amide) rings is 1. The van der Waals surface area contributed by atoms with Crippen molar-refractivity contribution in [3.8, 4) is 0 Å². The number of hydrogen-bond donors (Lipinski definition) is 1. The zero-order valence-corrected chi connectivity index (χ0v) is 16.4. The molecule has 4 rings (SSSR count). The molecule has 2 aliphatic heterocycles. The van der Waals surface area contributed by atoms with Gasteiger partial charge in [-0.15, -0.1) is 11.6 Å². The summed E-state index contributed by atoms with van der Waals surface area (Å²) in [6, 6.07) is 11.2. The van der Waals surface area contributed by atoms with E-state index in [2.05, 4.69) is 37.2 Å². The summed E-state index contributed by atoms with van der Waals surface area (Å²) in [7, 11) is 0. The summed E-state index contributed by atoms with van der Waals surface area (Å²) in [5.74, 6) is -0.566. The van der Waals surface area contributed by atoms with Gasteiger partial charge in [-0.2, -0.15) is 0 Å². The highest BCUT2D eigenvalue weighted by molar-refractivity contribution is 9.11. The van der Waals surface area contributed by atoms with Crippen molar-refractivity contribution in [2.75, 3.05) is 10.2 Å². The van der Waals surface area contributed by atoms with Gasteiger partial charge in [-0.25, -0.2) is 0 Å². The van der Waals surface area contributed by atoms with Crippen molar-refractivity contribution < 1.29 is 9.59 Å². The first-order chi connectivity index (χ1) is 11.4. The van der Waals surface area contributed by atoms with Crippen LogP contribution in [-0.4, -0.2) is 17.2 Å². The van der Waals surface area contributed by atoms with E-state index in [0.29, 0.717) is 16.9 Å². The molecular weight excluding hydrogens is 459 g/mol. The van der Waals surface area contributed by atoms with Crippen LogP contribution >= 0.6 is 43.5 Å². The molecule has 4 nitrogen and oxygen atoms in total. The lowest BCUT2D eigenvalue weighted by Crippen LogP contribution is -2.73. The van der Waals surface area contributed by atoms with Gasteiger partial charge >= 0.3 is 0 Å². The summed E-state index contributed by atoms with van der Waals surface area (Å²) >= 11 is 13.3. The van der Waals surface area contributed by atoms with Crippen LogP contribution in [0.5, 0.6) is 0 Å². The molecule has 2 amide bonds. The number of alkyl halides is 1. The molecule has 122 valence electrons. The van der Waals surface area contributed by atoms with E-state index in [1.807, 2.05) is 43.3 Å². The lowest BCUT2D eigenvalue weighted by molar-refractivity contribution is -0.136. The predicted octanol–water partition coefficient (Wildman–Crippen LogP) is 4.32. The molecule has 2 aromatic carbocycles. The number of aryl methyl sites for hydroxylation is 1. The van der Waals surface area contributed by atoms with E-state index in [9.17, 15) is 9.59 Å². The monoisotopic (exact) mass is 468 g/mol. The van der Waals surface area contributed by atoms with E-state index in [1.54, 1.807) is 0 Å². The highest BCUT2D eigenvalue weighted by atomic mass is 79.9. The Kier molecular flexibility index (Phi) is 3.57. The van der Waals surface area contributed by atoms with E-state index in [1.165, 1.54) is 4.90 Å². The van der Waals surface area contributed by atoms with Crippen LogP contribution in [0.15, 0.2) is 45.3 Å². The van der Waals surface area contributed by atoms with Gasteiger partial charge in [-0.3, -0.25) is 14.5 Å². The summed E-state index contributed by atoms with van der Waals surface area (Å²) in [6.07, 6.45) is 0. The van der Waals surface area contributed by atoms with Crippen molar-refractivity contribution >= 4 is 66.6 Å². The number of anilines is 2. The minimum atomic E-state index is -1.23. The molecule has 2 heterocycles. The van der Waals surface area contributed by atoms with E-state index >= 15 is 0 Å². The number of halogens is 3. The minimum absolute atomic E-state index is 0.273. The number of carbonyl (C=O) groups excluding carboxylic acids is 2. The van der Waals surface area contributed by atoms with Crippen molar-refractivity contribution in [1.29, 1.82) is 0 Å². The first kappa shape index (κ1) is 16.1. The molecule has 0 aromatic heterocycles. The molecule has 1 saturated heterocycles. The third kappa shape index (κ3) is 1.85. The maximum absolute atomic E-state index is 12.9. The molecule has 1 spiro atoms. The molecule has 0 saturated carbocycles. The van der Waals surface area contributed by atoms with Gasteiger partial charge in [-0.05, 0) is 46.6 Å². The van der Waals surface area contributed by atoms with Gasteiger partial charge in [0.15, 0.2) is 5.54 Å². The van der Waals surface area contributed by atoms with Crippen molar-refractivity contribution in [3.63, 3.8) is 0 Å². The second kappa shape index (κ2) is 5.31. The van der Waals surface area contributed by atoms with Crippen LogP contribution in [0.3, 0.4) is 0 Å². The lowest BCUT2D eigenvalue weighted by atomic mass is 9.77. The lowest BCUT2D eigenvalue weighted by Gasteiger charge is -2.51. The Hall–Kier alpha value is -1.37. The molecule has 0 radical (unpaired) electrons. The zero-order chi connectivity index (χ0) is 17.2. The van der Waals surface area contributed by atoms with Gasteiger partial charge < -0.3 is 5.32 Å². The van der Waals surface area contributed by atoms with Crippen LogP contribution in [0.4, 0.5) is 11.4 Å². The summed E-state index contributed by atoms with van der Waals surface area (Å²) in [6.45, 7) is 1.91. The van der Waals surface area contributed by atoms with Crippen LogP contribution in [0, 0.1) is 6.92 Å². The zero-order valence-electron chi connectivity index (χ0n) is 12.4. The van der Waals surface area contributed by atoms with Crippen LogP contribution < -0.4 is 10.2 Å². The number of rotatable bonds is 1. The number of para-hydroxylation sites is 1. The van der Waals surface area contributed by atoms with Crippen LogP contribution in [-0.2, 0) is 15.1 Å². The Labute approximate surface area is 160 Å². The molecule has 2 unspecified atom stereocenters. The second-order valence-corrected chi connectivity index (χ2v) is 8.06. The second-order valence-electron chi connectivity index (χ2n) is 5.85. The number of carbonyl (C=O) groups is 2. The molecule has 2 aliphatic rings. The average molecular weight is 471 g/mol. The molecule has 2 aromatic rings. The van der Waals surface area contributed by atoms with Crippen LogP contribution in [0.25, 0.3) is 0 Å². The van der Waals surface area contributed by atoms with Gasteiger partial charge in [0, 0.05) is 20.2 Å². The number of fused-ring (bicyclic) bond motifs is 2. The van der Waals surface area contributed by atoms with Gasteiger partial charge in [-0.1, -0.05) is 34.1 Å². The van der Waals surface area contributed by atoms with E-state index in [4.69, 9.17) is 11.6 Å². The Morgan fingerprint density at radius 3 is 2.62 bits per heavy atom. The molecule has 0 bridgehead atoms. The molecule has 24 heavy (non-hydrogen) atoms. The predicted molar refractivity (Wildman–Crippen MR) is 100 cm³/mol. The number of nitrogens with zero attached hydrogens (tertiary/aromatic N) is 1. The molecule has 2 atom stereocenters. The maximum Gasteiger partial charge on any atom is 0.257 e. The Bertz CT molecular complexity index is 917. The summed E-state index contributed by atoms with van der Waals surface area (Å²) < 4.78 is 1.54. The third-order valence-corrected chi connectivity index (χ3v) is 6.15. The quantitative estimate of drug-likeness (QED) is 0.499. The fourth-order valence-corrected chi connectivity index (χ4v) is 5.18. The van der Waals surface area contributed by atoms with Crippen molar-refractivity contribution in [2.45, 2.75) is 17.8 Å². The van der Waals surface area contributed by atoms with Crippen molar-refractivity contribution in [1.82, 2.24) is 0 Å². The summed E-state index contributed by atoms with van der Waals surface area (Å²) in [5.41, 5.74) is 1.71. The van der Waals surface area contributed by atoms with Gasteiger partial charge in [0.2, 0.25) is 5.91 Å². The van der Waals surface area contributed by atoms with E-state index in [0.717, 1.165) is 14.5 Å². The number of amides is 2. The topological polar surface area (TPSA) is 49.4 Å². The van der Waals surface area contributed by atoms with E-state index in [-0.39, 0.29) is 11.8 Å². The summed E-state index contributed by atoms with van der Waals surface area (Å²) in [5, 5.41) is 1.93. The normalized spacial score (nSPS) is 24.8. The standard InChI is InChI=1S/C17H11Br2ClN2O2/c1-8-4-2-3-5-12(8)22-15(23)14(20)17(22)10-6-9(18)7-11(19)13(10)21-16(17)24/h2-7,14H,1H3,(H,21,24). The highest BCUT2D eigenvalue weighted by Crippen LogP contribution is 2.55. The Balaban J connectivity index is 1.99. The minimum Gasteiger partial charge on any atom is -0.322 e. The maximum atomic E-state index is 12.9. The van der Waals surface area contributed by atoms with Crippen LogP contribution in [0.2, 0.25) is 0 Å². The Morgan fingerprint density at radius 2 is 1.92 bits per heavy atom. The largest absolute Gasteiger partial charge is 0.322 e. The van der Waals surface area contributed by atoms with Crippen molar-refractivity contribution in [3.05, 3.63) is 56.5 Å². The van der Waals surface area contributed by atoms with Gasteiger partial charge in [0.25, 0.3) is 5.91 Å². The molecule has 0 aliphatic carbocycles. The van der Waals surface area contributed by atoms with E-state index < -0.39 is 10.9 Å². The first-order valence-corrected chi connectivity index (χ1v) is 9.26. The molecular formula is C17H11Br2ClN2O2. The first-order valence-electron chi connectivity index (χ1n) is 7.23. The molecule has 7 heteroatoms. The fourth-order valence-electron chi connectivity index (χ4n) is 3.44. The third-order valence-electron chi connectivity index (χ3n) is 4.56. The number of benzene rings is 2.